The van der Waals surface area contributed by atoms with Crippen molar-refractivity contribution in [2.24, 2.45) is 0 Å². The summed E-state index contributed by atoms with van der Waals surface area (Å²) in [5.74, 6) is -3.33. The van der Waals surface area contributed by atoms with E-state index in [0.29, 0.717) is 17.0 Å². The Morgan fingerprint density at radius 3 is 1.90 bits per heavy atom. The van der Waals surface area contributed by atoms with Gasteiger partial charge in [0.2, 0.25) is 0 Å². The van der Waals surface area contributed by atoms with Crippen LogP contribution in [0.2, 0.25) is 0 Å². The first-order chi connectivity index (χ1) is 14.5. The molecule has 0 aliphatic rings. The fourth-order valence-electron chi connectivity index (χ4n) is 2.84. The summed E-state index contributed by atoms with van der Waals surface area (Å²) < 4.78 is 107. The Balaban J connectivity index is 2.06. The maximum absolute atomic E-state index is 13.8. The van der Waals surface area contributed by atoms with E-state index in [-0.39, 0.29) is 17.3 Å². The van der Waals surface area contributed by atoms with Gasteiger partial charge in [0.1, 0.15) is 22.4 Å². The van der Waals surface area contributed by atoms with Gasteiger partial charge in [-0.2, -0.15) is 35.1 Å². The molecule has 0 aliphatic carbocycles. The Kier molecular flexibility index (Phi) is 4.87. The Morgan fingerprint density at radius 1 is 0.742 bits per heavy atom. The molecule has 0 bridgehead atoms. The molecular weight excluding hydrogens is 456 g/mol. The largest absolute Gasteiger partial charge is 0.417 e. The third-order valence-corrected chi connectivity index (χ3v) is 5.05. The topological polar surface area (TPSA) is 51.6 Å². The maximum atomic E-state index is 13.8. The average molecular weight is 462 g/mol. The van der Waals surface area contributed by atoms with Crippen molar-refractivity contribution in [1.82, 2.24) is 20.2 Å². The van der Waals surface area contributed by atoms with Gasteiger partial charge in [0.25, 0.3) is 11.9 Å². The van der Waals surface area contributed by atoms with E-state index in [1.807, 2.05) is 0 Å². The highest BCUT2D eigenvalue weighted by molar-refractivity contribution is 7.13. The van der Waals surface area contributed by atoms with Gasteiger partial charge in [-0.15, -0.1) is 21.5 Å². The first kappa shape index (κ1) is 21.0. The van der Waals surface area contributed by atoms with Crippen molar-refractivity contribution in [2.45, 2.75) is 12.4 Å². The minimum atomic E-state index is -5.22. The molecule has 13 heteroatoms. The summed E-state index contributed by atoms with van der Waals surface area (Å²) in [6.07, 6.45) is -10.3. The Bertz CT molecular complexity index is 1280. The van der Waals surface area contributed by atoms with Crippen LogP contribution in [0.3, 0.4) is 0 Å². The quantitative estimate of drug-likeness (QED) is 0.336. The molecule has 0 atom stereocenters. The number of benzene rings is 1. The van der Waals surface area contributed by atoms with Crippen LogP contribution in [0.5, 0.6) is 0 Å². The van der Waals surface area contributed by atoms with Crippen LogP contribution in [0.4, 0.5) is 35.1 Å². The number of rotatable bonds is 2. The van der Waals surface area contributed by atoms with Crippen LogP contribution >= 0.6 is 11.3 Å². The summed E-state index contributed by atoms with van der Waals surface area (Å²) in [6.45, 7) is 0. The monoisotopic (exact) mass is 462 g/mol. The smallest absolute Gasteiger partial charge is 0.212 e. The zero-order valence-electron chi connectivity index (χ0n) is 14.7. The van der Waals surface area contributed by atoms with Gasteiger partial charge < -0.3 is 0 Å². The zero-order valence-corrected chi connectivity index (χ0v) is 15.5. The molecular formula is C18H6F8N4S. The molecule has 0 saturated carbocycles. The standard InChI is InChI=1S/C18H6F8N4S/c19-15-16(20)28-14-12(10-2-1-5-31-10)30-29-11(13(14)27-15)8-4-3-7(17(21,22)23)6-9(8)18(24,25)26/h1-6H. The van der Waals surface area contributed by atoms with Gasteiger partial charge in [0.05, 0.1) is 16.0 Å². The molecule has 0 spiro atoms. The van der Waals surface area contributed by atoms with E-state index in [4.69, 9.17) is 0 Å². The van der Waals surface area contributed by atoms with Gasteiger partial charge in [0, 0.05) is 5.56 Å². The highest BCUT2D eigenvalue weighted by Gasteiger charge is 2.39. The lowest BCUT2D eigenvalue weighted by Gasteiger charge is -2.16. The number of fused-ring (bicyclic) bond motifs is 1. The Labute approximate surface area is 171 Å². The summed E-state index contributed by atoms with van der Waals surface area (Å²) >= 11 is 1.12. The summed E-state index contributed by atoms with van der Waals surface area (Å²) in [5, 5.41) is 9.05. The van der Waals surface area contributed by atoms with Crippen molar-refractivity contribution in [3.05, 3.63) is 58.7 Å². The SMILES string of the molecule is Fc1nc2c(-c3cccs3)nnc(-c3ccc(C(F)(F)F)cc3C(F)(F)F)c2nc1F. The molecule has 0 N–H and O–H groups in total. The van der Waals surface area contributed by atoms with Crippen LogP contribution in [-0.4, -0.2) is 20.2 Å². The number of hydrogen-bond donors (Lipinski definition) is 0. The number of hydrogen-bond acceptors (Lipinski definition) is 5. The van der Waals surface area contributed by atoms with E-state index >= 15 is 0 Å². The predicted octanol–water partition coefficient (Wildman–Crippen LogP) is 6.13. The van der Waals surface area contributed by atoms with E-state index in [1.165, 1.54) is 6.07 Å². The molecule has 3 heterocycles. The van der Waals surface area contributed by atoms with Crippen LogP contribution in [-0.2, 0) is 12.4 Å². The van der Waals surface area contributed by atoms with E-state index in [0.717, 1.165) is 11.3 Å². The molecule has 4 rings (SSSR count). The zero-order chi connectivity index (χ0) is 22.6. The number of nitrogens with zero attached hydrogens (tertiary/aromatic N) is 4. The van der Waals surface area contributed by atoms with Crippen molar-refractivity contribution in [1.29, 1.82) is 0 Å². The van der Waals surface area contributed by atoms with Crippen LogP contribution in [0.1, 0.15) is 11.1 Å². The van der Waals surface area contributed by atoms with Crippen molar-refractivity contribution in [2.75, 3.05) is 0 Å². The van der Waals surface area contributed by atoms with Crippen molar-refractivity contribution in [3.63, 3.8) is 0 Å². The molecule has 1 aromatic carbocycles. The molecule has 4 nitrogen and oxygen atoms in total. The molecule has 4 aromatic rings. The molecule has 0 amide bonds. The second-order valence-electron chi connectivity index (χ2n) is 6.13. The molecule has 0 aliphatic heterocycles. The van der Waals surface area contributed by atoms with Crippen LogP contribution in [0, 0.1) is 11.9 Å². The van der Waals surface area contributed by atoms with Crippen molar-refractivity contribution < 1.29 is 35.1 Å². The molecule has 0 unspecified atom stereocenters. The van der Waals surface area contributed by atoms with E-state index in [2.05, 4.69) is 20.2 Å². The van der Waals surface area contributed by atoms with Gasteiger partial charge in [0.15, 0.2) is 0 Å². The van der Waals surface area contributed by atoms with Gasteiger partial charge in [-0.05, 0) is 23.6 Å². The van der Waals surface area contributed by atoms with Gasteiger partial charge in [-0.3, -0.25) is 0 Å². The third kappa shape index (κ3) is 3.80. The normalized spacial score (nSPS) is 12.5. The predicted molar refractivity (Wildman–Crippen MR) is 93.8 cm³/mol. The summed E-state index contributed by atoms with van der Waals surface area (Å²) in [7, 11) is 0. The lowest BCUT2D eigenvalue weighted by molar-refractivity contribution is -0.142. The maximum Gasteiger partial charge on any atom is 0.417 e. The highest BCUT2D eigenvalue weighted by Crippen LogP contribution is 2.42. The summed E-state index contributed by atoms with van der Waals surface area (Å²) in [4.78, 5) is 7.13. The second kappa shape index (κ2) is 7.18. The number of halogens is 8. The van der Waals surface area contributed by atoms with Crippen LogP contribution in [0.25, 0.3) is 32.9 Å². The summed E-state index contributed by atoms with van der Waals surface area (Å²) in [5.41, 5.74) is -5.80. The first-order valence-corrected chi connectivity index (χ1v) is 9.07. The van der Waals surface area contributed by atoms with Crippen molar-refractivity contribution in [3.8, 4) is 21.8 Å². The number of alkyl halides is 6. The second-order valence-corrected chi connectivity index (χ2v) is 7.08. The minimum Gasteiger partial charge on any atom is -0.212 e. The van der Waals surface area contributed by atoms with Crippen molar-refractivity contribution >= 4 is 22.4 Å². The molecule has 0 radical (unpaired) electrons. The van der Waals surface area contributed by atoms with Crippen LogP contribution < -0.4 is 0 Å². The Hall–Kier alpha value is -3.22. The molecule has 3 aromatic heterocycles. The number of thiophene rings is 1. The summed E-state index contributed by atoms with van der Waals surface area (Å²) in [6, 6.07) is 3.99. The molecule has 31 heavy (non-hydrogen) atoms. The van der Waals surface area contributed by atoms with Gasteiger partial charge in [-0.25, -0.2) is 9.97 Å². The van der Waals surface area contributed by atoms with Gasteiger partial charge >= 0.3 is 12.4 Å². The van der Waals surface area contributed by atoms with Gasteiger partial charge in [-0.1, -0.05) is 12.1 Å². The van der Waals surface area contributed by atoms with E-state index in [9.17, 15) is 35.1 Å². The minimum absolute atomic E-state index is 0.0689. The van der Waals surface area contributed by atoms with Crippen LogP contribution in [0.15, 0.2) is 35.7 Å². The molecule has 0 fully saturated rings. The number of aromatic nitrogens is 4. The van der Waals surface area contributed by atoms with E-state index < -0.39 is 52.1 Å². The highest BCUT2D eigenvalue weighted by atomic mass is 32.1. The lowest BCUT2D eigenvalue weighted by atomic mass is 9.99. The first-order valence-electron chi connectivity index (χ1n) is 8.19. The average Bonchev–Trinajstić information content (AvgIpc) is 3.21. The third-order valence-electron chi connectivity index (χ3n) is 4.18. The fraction of sp³-hybridized carbons (Fsp3) is 0.111. The molecule has 0 saturated heterocycles. The lowest BCUT2D eigenvalue weighted by Crippen LogP contribution is -2.13. The van der Waals surface area contributed by atoms with E-state index in [1.54, 1.807) is 11.4 Å². The Morgan fingerprint density at radius 2 is 1.35 bits per heavy atom. The molecule has 160 valence electrons. The fourth-order valence-corrected chi connectivity index (χ4v) is 3.55.